The van der Waals surface area contributed by atoms with Crippen LogP contribution in [0, 0.1) is 11.8 Å². The second-order valence-corrected chi connectivity index (χ2v) is 3.22. The van der Waals surface area contributed by atoms with E-state index in [4.69, 9.17) is 5.11 Å². The number of hydrogen-bond acceptors (Lipinski definition) is 3. The summed E-state index contributed by atoms with van der Waals surface area (Å²) in [6, 6.07) is 0.311. The second-order valence-electron chi connectivity index (χ2n) is 3.22. The van der Waals surface area contributed by atoms with Crippen LogP contribution in [0.25, 0.3) is 0 Å². The smallest absolute Gasteiger partial charge is 0.381 e. The SMILES string of the molecule is CN1CCNC(CC#CC(=O)O)C1. The first-order valence-electron chi connectivity index (χ1n) is 4.32. The predicted octanol–water partition coefficient (Wildman–Crippen LogP) is -0.632. The molecule has 0 amide bonds. The standard InChI is InChI=1S/C9H14N2O2/c1-11-6-5-10-8(7-11)3-2-4-9(12)13/h8,10H,3,5-7H2,1H3,(H,12,13). The minimum atomic E-state index is -1.05. The Bertz CT molecular complexity index is 242. The highest BCUT2D eigenvalue weighted by atomic mass is 16.4. The fraction of sp³-hybridized carbons (Fsp3) is 0.667. The highest BCUT2D eigenvalue weighted by molar-refractivity contribution is 5.86. The average Bonchev–Trinajstić information content (AvgIpc) is 2.03. The zero-order valence-corrected chi connectivity index (χ0v) is 7.71. The van der Waals surface area contributed by atoms with Crippen LogP contribution in [0.4, 0.5) is 0 Å². The first-order chi connectivity index (χ1) is 6.18. The van der Waals surface area contributed by atoms with Crippen LogP contribution in [0.2, 0.25) is 0 Å². The highest BCUT2D eigenvalue weighted by Gasteiger charge is 2.14. The van der Waals surface area contributed by atoms with Crippen molar-refractivity contribution in [3.05, 3.63) is 0 Å². The van der Waals surface area contributed by atoms with E-state index in [1.54, 1.807) is 0 Å². The Labute approximate surface area is 77.9 Å². The summed E-state index contributed by atoms with van der Waals surface area (Å²) < 4.78 is 0. The minimum Gasteiger partial charge on any atom is -0.472 e. The van der Waals surface area contributed by atoms with E-state index in [9.17, 15) is 4.79 Å². The molecular formula is C9H14N2O2. The van der Waals surface area contributed by atoms with Gasteiger partial charge in [0, 0.05) is 38.0 Å². The zero-order chi connectivity index (χ0) is 9.68. The lowest BCUT2D eigenvalue weighted by Gasteiger charge is -2.29. The number of nitrogens with zero attached hydrogens (tertiary/aromatic N) is 1. The molecule has 0 bridgehead atoms. The van der Waals surface area contributed by atoms with E-state index in [-0.39, 0.29) is 0 Å². The molecule has 2 N–H and O–H groups in total. The molecule has 1 fully saturated rings. The van der Waals surface area contributed by atoms with Gasteiger partial charge in [-0.25, -0.2) is 4.79 Å². The predicted molar refractivity (Wildman–Crippen MR) is 49.3 cm³/mol. The number of carbonyl (C=O) groups is 1. The third-order valence-electron chi connectivity index (χ3n) is 2.00. The Hall–Kier alpha value is -1.05. The summed E-state index contributed by atoms with van der Waals surface area (Å²) >= 11 is 0. The van der Waals surface area contributed by atoms with Gasteiger partial charge in [0.2, 0.25) is 0 Å². The first kappa shape index (κ1) is 10.0. The molecule has 0 saturated carbocycles. The molecular weight excluding hydrogens is 168 g/mol. The lowest BCUT2D eigenvalue weighted by Crippen LogP contribution is -2.48. The van der Waals surface area contributed by atoms with Crippen molar-refractivity contribution in [2.45, 2.75) is 12.5 Å². The van der Waals surface area contributed by atoms with Crippen molar-refractivity contribution < 1.29 is 9.90 Å². The summed E-state index contributed by atoms with van der Waals surface area (Å²) in [5.41, 5.74) is 0. The molecule has 1 unspecified atom stereocenters. The van der Waals surface area contributed by atoms with Gasteiger partial charge in [-0.15, -0.1) is 0 Å². The van der Waals surface area contributed by atoms with Gasteiger partial charge in [0.1, 0.15) is 0 Å². The fourth-order valence-corrected chi connectivity index (χ4v) is 1.38. The van der Waals surface area contributed by atoms with E-state index in [1.807, 2.05) is 0 Å². The molecule has 1 aliphatic rings. The molecule has 1 saturated heterocycles. The van der Waals surface area contributed by atoms with Gasteiger partial charge in [-0.3, -0.25) is 0 Å². The number of rotatable bonds is 1. The van der Waals surface area contributed by atoms with Gasteiger partial charge < -0.3 is 15.3 Å². The van der Waals surface area contributed by atoms with Crippen LogP contribution < -0.4 is 5.32 Å². The quantitative estimate of drug-likeness (QED) is 0.530. The zero-order valence-electron chi connectivity index (χ0n) is 7.71. The van der Waals surface area contributed by atoms with E-state index >= 15 is 0 Å². The molecule has 1 aliphatic heterocycles. The number of piperazine rings is 1. The Balaban J connectivity index is 2.29. The van der Waals surface area contributed by atoms with Crippen LogP contribution in [0.15, 0.2) is 0 Å². The topological polar surface area (TPSA) is 52.6 Å². The molecule has 0 aromatic heterocycles. The number of aliphatic carboxylic acids is 1. The molecule has 1 heterocycles. The molecule has 0 aromatic rings. The monoisotopic (exact) mass is 182 g/mol. The van der Waals surface area contributed by atoms with Crippen molar-refractivity contribution >= 4 is 5.97 Å². The molecule has 4 nitrogen and oxygen atoms in total. The van der Waals surface area contributed by atoms with Crippen molar-refractivity contribution in [3.8, 4) is 11.8 Å². The van der Waals surface area contributed by atoms with Crippen LogP contribution in [-0.4, -0.2) is 48.7 Å². The number of hydrogen-bond donors (Lipinski definition) is 2. The summed E-state index contributed by atoms with van der Waals surface area (Å²) in [5.74, 6) is 3.70. The number of nitrogens with one attached hydrogen (secondary N) is 1. The average molecular weight is 182 g/mol. The normalized spacial score (nSPS) is 23.3. The molecule has 0 aromatic carbocycles. The Morgan fingerprint density at radius 2 is 2.54 bits per heavy atom. The lowest BCUT2D eigenvalue weighted by atomic mass is 10.1. The van der Waals surface area contributed by atoms with Crippen LogP contribution in [-0.2, 0) is 4.79 Å². The van der Waals surface area contributed by atoms with E-state index in [0.717, 1.165) is 19.6 Å². The van der Waals surface area contributed by atoms with Crippen LogP contribution in [0.1, 0.15) is 6.42 Å². The third kappa shape index (κ3) is 3.92. The van der Waals surface area contributed by atoms with E-state index in [0.29, 0.717) is 12.5 Å². The van der Waals surface area contributed by atoms with E-state index < -0.39 is 5.97 Å². The number of carboxylic acid groups (broad SMARTS) is 1. The van der Waals surface area contributed by atoms with Crippen molar-refractivity contribution in [1.82, 2.24) is 10.2 Å². The molecule has 0 radical (unpaired) electrons. The first-order valence-corrected chi connectivity index (χ1v) is 4.32. The molecule has 0 spiro atoms. The van der Waals surface area contributed by atoms with Crippen LogP contribution in [0.3, 0.4) is 0 Å². The van der Waals surface area contributed by atoms with Crippen molar-refractivity contribution in [2.75, 3.05) is 26.7 Å². The van der Waals surface area contributed by atoms with Crippen LogP contribution >= 0.6 is 0 Å². The Morgan fingerprint density at radius 1 is 1.77 bits per heavy atom. The molecule has 1 atom stereocenters. The van der Waals surface area contributed by atoms with E-state index in [2.05, 4.69) is 29.1 Å². The Morgan fingerprint density at radius 3 is 3.15 bits per heavy atom. The molecule has 13 heavy (non-hydrogen) atoms. The summed E-state index contributed by atoms with van der Waals surface area (Å²) in [5, 5.41) is 11.6. The summed E-state index contributed by atoms with van der Waals surface area (Å²) in [7, 11) is 2.05. The van der Waals surface area contributed by atoms with Crippen molar-refractivity contribution in [2.24, 2.45) is 0 Å². The Kier molecular flexibility index (Phi) is 3.74. The lowest BCUT2D eigenvalue weighted by molar-refractivity contribution is -0.130. The molecule has 1 rings (SSSR count). The van der Waals surface area contributed by atoms with Gasteiger partial charge in [0.25, 0.3) is 0 Å². The maximum Gasteiger partial charge on any atom is 0.381 e. The van der Waals surface area contributed by atoms with Crippen molar-refractivity contribution in [3.63, 3.8) is 0 Å². The molecule has 0 aliphatic carbocycles. The van der Waals surface area contributed by atoms with Gasteiger partial charge in [-0.2, -0.15) is 0 Å². The van der Waals surface area contributed by atoms with Crippen molar-refractivity contribution in [1.29, 1.82) is 0 Å². The summed E-state index contributed by atoms with van der Waals surface area (Å²) in [4.78, 5) is 12.3. The third-order valence-corrected chi connectivity index (χ3v) is 2.00. The van der Waals surface area contributed by atoms with Crippen LogP contribution in [0.5, 0.6) is 0 Å². The van der Waals surface area contributed by atoms with Gasteiger partial charge in [-0.05, 0) is 7.05 Å². The summed E-state index contributed by atoms with van der Waals surface area (Å²) in [6.07, 6.45) is 0.608. The maximum absolute atomic E-state index is 10.1. The van der Waals surface area contributed by atoms with E-state index in [1.165, 1.54) is 0 Å². The highest BCUT2D eigenvalue weighted by Crippen LogP contribution is 1.98. The molecule has 4 heteroatoms. The van der Waals surface area contributed by atoms with Gasteiger partial charge in [-0.1, -0.05) is 5.92 Å². The maximum atomic E-state index is 10.1. The van der Waals surface area contributed by atoms with Gasteiger partial charge in [0.15, 0.2) is 0 Å². The number of likely N-dealkylation sites (N-methyl/N-ethyl adjacent to an activating group) is 1. The largest absolute Gasteiger partial charge is 0.472 e. The van der Waals surface area contributed by atoms with Gasteiger partial charge in [0.05, 0.1) is 0 Å². The summed E-state index contributed by atoms with van der Waals surface area (Å²) in [6.45, 7) is 2.94. The fourth-order valence-electron chi connectivity index (χ4n) is 1.38. The second kappa shape index (κ2) is 4.85. The number of carboxylic acids is 1. The van der Waals surface area contributed by atoms with Gasteiger partial charge >= 0.3 is 5.97 Å². The minimum absolute atomic E-state index is 0.311. The molecule has 72 valence electrons.